The van der Waals surface area contributed by atoms with Crippen molar-refractivity contribution in [3.05, 3.63) is 107 Å². The van der Waals surface area contributed by atoms with E-state index in [9.17, 15) is 4.79 Å². The smallest absolute Gasteiger partial charge is 0.224 e. The van der Waals surface area contributed by atoms with E-state index >= 15 is 0 Å². The van der Waals surface area contributed by atoms with Crippen molar-refractivity contribution in [2.45, 2.75) is 32.4 Å². The number of ether oxygens (including phenoxy) is 3. The Balaban J connectivity index is 1.51. The zero-order valence-corrected chi connectivity index (χ0v) is 21.7. The summed E-state index contributed by atoms with van der Waals surface area (Å²) in [6, 6.07) is 24.6. The second-order valence-electron chi connectivity index (χ2n) is 9.30. The monoisotopic (exact) mass is 496 g/mol. The zero-order valence-electron chi connectivity index (χ0n) is 21.7. The molecule has 0 radical (unpaired) electrons. The SMILES string of the molecule is COc1cc(CCC(=O)N2Cc3ccccc3-n3cccc3[C@@H]2c2ccc(C)cc2)cc(OC)c1OC. The van der Waals surface area contributed by atoms with Crippen LogP contribution in [-0.4, -0.2) is 36.7 Å². The Morgan fingerprint density at radius 3 is 2.27 bits per heavy atom. The van der Waals surface area contributed by atoms with Crippen molar-refractivity contribution in [3.63, 3.8) is 0 Å². The minimum Gasteiger partial charge on any atom is -0.493 e. The molecule has 0 aliphatic carbocycles. The molecule has 6 heteroatoms. The third-order valence-electron chi connectivity index (χ3n) is 7.03. The summed E-state index contributed by atoms with van der Waals surface area (Å²) in [5, 5.41) is 0. The summed E-state index contributed by atoms with van der Waals surface area (Å²) in [6.45, 7) is 2.61. The number of hydrogen-bond acceptors (Lipinski definition) is 4. The molecule has 0 N–H and O–H groups in total. The lowest BCUT2D eigenvalue weighted by molar-refractivity contribution is -0.133. The lowest BCUT2D eigenvalue weighted by Crippen LogP contribution is -2.35. The van der Waals surface area contributed by atoms with Gasteiger partial charge < -0.3 is 23.7 Å². The Morgan fingerprint density at radius 1 is 0.892 bits per heavy atom. The van der Waals surface area contributed by atoms with Crippen LogP contribution in [0.2, 0.25) is 0 Å². The van der Waals surface area contributed by atoms with E-state index in [1.54, 1.807) is 21.3 Å². The van der Waals surface area contributed by atoms with Crippen molar-refractivity contribution in [1.82, 2.24) is 9.47 Å². The predicted molar refractivity (Wildman–Crippen MR) is 144 cm³/mol. The second-order valence-corrected chi connectivity index (χ2v) is 9.30. The largest absolute Gasteiger partial charge is 0.493 e. The number of hydrogen-bond donors (Lipinski definition) is 0. The average Bonchev–Trinajstić information content (AvgIpc) is 3.36. The van der Waals surface area contributed by atoms with E-state index < -0.39 is 0 Å². The predicted octanol–water partition coefficient (Wildman–Crippen LogP) is 5.88. The Hall–Kier alpha value is -4.19. The van der Waals surface area contributed by atoms with Crippen LogP contribution in [0.5, 0.6) is 17.2 Å². The van der Waals surface area contributed by atoms with Crippen LogP contribution in [0.15, 0.2) is 79.0 Å². The van der Waals surface area contributed by atoms with Gasteiger partial charge >= 0.3 is 0 Å². The van der Waals surface area contributed by atoms with E-state index in [0.717, 1.165) is 28.1 Å². The third-order valence-corrected chi connectivity index (χ3v) is 7.03. The molecule has 6 nitrogen and oxygen atoms in total. The lowest BCUT2D eigenvalue weighted by Gasteiger charge is -2.31. The maximum Gasteiger partial charge on any atom is 0.224 e. The van der Waals surface area contributed by atoms with Crippen LogP contribution in [-0.2, 0) is 17.8 Å². The fraction of sp³-hybridized carbons (Fsp3) is 0.258. The van der Waals surface area contributed by atoms with E-state index in [1.807, 2.05) is 29.2 Å². The highest BCUT2D eigenvalue weighted by atomic mass is 16.5. The molecule has 4 aromatic rings. The first kappa shape index (κ1) is 24.5. The summed E-state index contributed by atoms with van der Waals surface area (Å²) in [6.07, 6.45) is 2.98. The van der Waals surface area contributed by atoms with E-state index in [4.69, 9.17) is 14.2 Å². The van der Waals surface area contributed by atoms with Crippen LogP contribution in [0.3, 0.4) is 0 Å². The Bertz CT molecular complexity index is 1380. The van der Waals surface area contributed by atoms with E-state index in [-0.39, 0.29) is 11.9 Å². The van der Waals surface area contributed by atoms with Gasteiger partial charge in [-0.1, -0.05) is 48.0 Å². The number of nitrogens with zero attached hydrogens (tertiary/aromatic N) is 2. The number of aryl methyl sites for hydroxylation is 2. The van der Waals surface area contributed by atoms with Gasteiger partial charge in [-0.3, -0.25) is 4.79 Å². The number of rotatable bonds is 7. The summed E-state index contributed by atoms with van der Waals surface area (Å²) in [4.78, 5) is 16.0. The normalized spacial score (nSPS) is 14.4. The van der Waals surface area contributed by atoms with Crippen LogP contribution in [0.1, 0.15) is 40.4 Å². The van der Waals surface area contributed by atoms with Crippen LogP contribution in [0.4, 0.5) is 0 Å². The number of carbonyl (C=O) groups is 1. The van der Waals surface area contributed by atoms with Crippen LogP contribution in [0.25, 0.3) is 5.69 Å². The molecule has 0 unspecified atom stereocenters. The maximum atomic E-state index is 14.0. The highest BCUT2D eigenvalue weighted by molar-refractivity contribution is 5.78. The molecule has 1 aromatic heterocycles. The number of aromatic nitrogens is 1. The molecule has 3 aromatic carbocycles. The van der Waals surface area contributed by atoms with Gasteiger partial charge in [0.25, 0.3) is 0 Å². The van der Waals surface area contributed by atoms with E-state index in [2.05, 4.69) is 66.2 Å². The van der Waals surface area contributed by atoms with Gasteiger partial charge in [0.05, 0.1) is 33.1 Å². The molecule has 0 saturated heterocycles. The maximum absolute atomic E-state index is 14.0. The van der Waals surface area contributed by atoms with E-state index in [1.165, 1.54) is 5.56 Å². The van der Waals surface area contributed by atoms with Gasteiger partial charge in [0.1, 0.15) is 0 Å². The minimum atomic E-state index is -0.199. The molecule has 1 atom stereocenters. The molecule has 0 bridgehead atoms. The number of benzene rings is 3. The van der Waals surface area contributed by atoms with Crippen molar-refractivity contribution < 1.29 is 19.0 Å². The van der Waals surface area contributed by atoms with Crippen LogP contribution >= 0.6 is 0 Å². The molecule has 1 aliphatic heterocycles. The van der Waals surface area contributed by atoms with Crippen LogP contribution < -0.4 is 14.2 Å². The third kappa shape index (κ3) is 4.67. The molecular weight excluding hydrogens is 464 g/mol. The summed E-state index contributed by atoms with van der Waals surface area (Å²) >= 11 is 0. The van der Waals surface area contributed by atoms with Gasteiger partial charge in [0, 0.05) is 24.9 Å². The highest BCUT2D eigenvalue weighted by Gasteiger charge is 2.32. The molecule has 37 heavy (non-hydrogen) atoms. The molecule has 0 spiro atoms. The fourth-order valence-corrected chi connectivity index (χ4v) is 5.16. The molecule has 0 saturated carbocycles. The number of carbonyl (C=O) groups excluding carboxylic acids is 1. The first-order valence-corrected chi connectivity index (χ1v) is 12.4. The molecule has 0 fully saturated rings. The fourth-order valence-electron chi connectivity index (χ4n) is 5.16. The Morgan fingerprint density at radius 2 is 1.59 bits per heavy atom. The van der Waals surface area contributed by atoms with Crippen molar-refractivity contribution in [3.8, 4) is 22.9 Å². The summed E-state index contributed by atoms with van der Waals surface area (Å²) in [7, 11) is 4.78. The van der Waals surface area contributed by atoms with Gasteiger partial charge in [-0.2, -0.15) is 0 Å². The Kier molecular flexibility index (Phi) is 6.91. The molecule has 1 aliphatic rings. The highest BCUT2D eigenvalue weighted by Crippen LogP contribution is 2.40. The van der Waals surface area contributed by atoms with Crippen molar-refractivity contribution in [2.24, 2.45) is 0 Å². The number of para-hydroxylation sites is 1. The molecule has 190 valence electrons. The number of amides is 1. The molecular formula is C31H32N2O4. The minimum absolute atomic E-state index is 0.0868. The number of methoxy groups -OCH3 is 3. The van der Waals surface area contributed by atoms with Gasteiger partial charge in [-0.25, -0.2) is 0 Å². The molecule has 2 heterocycles. The molecule has 1 amide bonds. The standard InChI is InChI=1S/C31H32N2O4/c1-21-11-14-23(15-12-21)30-26-10-7-17-32(26)25-9-6-5-8-24(25)20-33(30)29(34)16-13-22-18-27(35-2)31(37-4)28(19-22)36-3/h5-12,14-15,17-19,30H,13,16,20H2,1-4H3/t30-/m0/s1. The van der Waals surface area contributed by atoms with Crippen molar-refractivity contribution >= 4 is 5.91 Å². The molecule has 5 rings (SSSR count). The first-order valence-electron chi connectivity index (χ1n) is 12.4. The Labute approximate surface area is 218 Å². The van der Waals surface area contributed by atoms with Gasteiger partial charge in [0.2, 0.25) is 11.7 Å². The van der Waals surface area contributed by atoms with Gasteiger partial charge in [-0.05, 0) is 60.4 Å². The summed E-state index contributed by atoms with van der Waals surface area (Å²) in [5.41, 5.74) is 6.55. The lowest BCUT2D eigenvalue weighted by atomic mass is 9.99. The van der Waals surface area contributed by atoms with Gasteiger partial charge in [-0.15, -0.1) is 0 Å². The quantitative estimate of drug-likeness (QED) is 0.321. The number of fused-ring (bicyclic) bond motifs is 3. The first-order chi connectivity index (χ1) is 18.0. The van der Waals surface area contributed by atoms with Crippen LogP contribution in [0, 0.1) is 6.92 Å². The summed E-state index contributed by atoms with van der Waals surface area (Å²) in [5.74, 6) is 1.81. The van der Waals surface area contributed by atoms with E-state index in [0.29, 0.717) is 36.6 Å². The van der Waals surface area contributed by atoms with Gasteiger partial charge in [0.15, 0.2) is 11.5 Å². The average molecular weight is 497 g/mol. The zero-order chi connectivity index (χ0) is 25.9. The topological polar surface area (TPSA) is 52.9 Å². The van der Waals surface area contributed by atoms with Crippen molar-refractivity contribution in [1.29, 1.82) is 0 Å². The summed E-state index contributed by atoms with van der Waals surface area (Å²) < 4.78 is 18.7. The van der Waals surface area contributed by atoms with Crippen molar-refractivity contribution in [2.75, 3.05) is 21.3 Å². The second kappa shape index (κ2) is 10.4.